The average Bonchev–Trinajstić information content (AvgIpc) is 3.17. The van der Waals surface area contributed by atoms with Gasteiger partial charge < -0.3 is 5.32 Å². The predicted octanol–water partition coefficient (Wildman–Crippen LogP) is 5.24. The lowest BCUT2D eigenvalue weighted by Gasteiger charge is -2.18. The number of halogens is 2. The van der Waals surface area contributed by atoms with Crippen LogP contribution in [0, 0.1) is 0 Å². The summed E-state index contributed by atoms with van der Waals surface area (Å²) in [6.07, 6.45) is 3.71. The molecule has 1 N–H and O–H groups in total. The van der Waals surface area contributed by atoms with E-state index in [0.29, 0.717) is 5.92 Å². The topological polar surface area (TPSA) is 12.0 Å². The molecular weight excluding hydrogens is 354 g/mol. The summed E-state index contributed by atoms with van der Waals surface area (Å²) >= 11 is 11.3. The molecule has 1 unspecified atom stereocenters. The summed E-state index contributed by atoms with van der Waals surface area (Å²) in [6.45, 7) is 1.04. The van der Waals surface area contributed by atoms with E-state index >= 15 is 0 Å². The molecule has 1 aliphatic rings. The molecular formula is C16H17BrClNS. The van der Waals surface area contributed by atoms with E-state index in [9.17, 15) is 0 Å². The third-order valence-corrected chi connectivity index (χ3v) is 5.37. The van der Waals surface area contributed by atoms with Crippen LogP contribution in [0.3, 0.4) is 0 Å². The third-order valence-electron chi connectivity index (χ3n) is 3.63. The Kier molecular flexibility index (Phi) is 4.82. The number of hydrogen-bond donors (Lipinski definition) is 1. The smallest absolute Gasteiger partial charge is 0.0931 e. The van der Waals surface area contributed by atoms with Crippen LogP contribution in [-0.4, -0.2) is 12.6 Å². The average molecular weight is 371 g/mol. The summed E-state index contributed by atoms with van der Waals surface area (Å²) in [5.74, 6) is 0.503. The number of rotatable bonds is 6. The van der Waals surface area contributed by atoms with Gasteiger partial charge in [-0.05, 0) is 49.1 Å². The van der Waals surface area contributed by atoms with E-state index in [1.807, 2.05) is 6.07 Å². The van der Waals surface area contributed by atoms with Crippen molar-refractivity contribution in [2.24, 2.45) is 0 Å². The van der Waals surface area contributed by atoms with Gasteiger partial charge in [0.1, 0.15) is 0 Å². The molecule has 1 atom stereocenters. The highest BCUT2D eigenvalue weighted by atomic mass is 79.9. The Balaban J connectivity index is 1.74. The molecule has 1 aromatic carbocycles. The quantitative estimate of drug-likeness (QED) is 0.733. The number of hydrogen-bond acceptors (Lipinski definition) is 2. The van der Waals surface area contributed by atoms with Crippen LogP contribution >= 0.6 is 38.9 Å². The van der Waals surface area contributed by atoms with E-state index < -0.39 is 0 Å². The predicted molar refractivity (Wildman–Crippen MR) is 90.9 cm³/mol. The molecule has 1 aromatic heterocycles. The lowest BCUT2D eigenvalue weighted by molar-refractivity contribution is 0.580. The minimum atomic E-state index is 0.503. The number of benzene rings is 1. The summed E-state index contributed by atoms with van der Waals surface area (Å²) in [5, 5.41) is 3.66. The van der Waals surface area contributed by atoms with Gasteiger partial charge in [-0.2, -0.15) is 0 Å². The lowest BCUT2D eigenvalue weighted by atomic mass is 9.95. The Morgan fingerprint density at radius 1 is 1.30 bits per heavy atom. The Morgan fingerprint density at radius 2 is 2.15 bits per heavy atom. The largest absolute Gasteiger partial charge is 0.313 e. The Hall–Kier alpha value is -0.350. The van der Waals surface area contributed by atoms with Crippen LogP contribution in [0.25, 0.3) is 0 Å². The first-order valence-corrected chi connectivity index (χ1v) is 8.92. The zero-order chi connectivity index (χ0) is 13.9. The van der Waals surface area contributed by atoms with Gasteiger partial charge in [0.05, 0.1) is 4.34 Å². The first-order chi connectivity index (χ1) is 9.70. The van der Waals surface area contributed by atoms with E-state index in [1.54, 1.807) is 11.3 Å². The highest BCUT2D eigenvalue weighted by Gasteiger charge is 2.23. The van der Waals surface area contributed by atoms with E-state index in [2.05, 4.69) is 51.6 Å². The fourth-order valence-corrected chi connectivity index (χ4v) is 3.95. The third kappa shape index (κ3) is 4.08. The second-order valence-electron chi connectivity index (χ2n) is 5.34. The molecule has 0 amide bonds. The van der Waals surface area contributed by atoms with E-state index in [0.717, 1.165) is 27.8 Å². The van der Waals surface area contributed by atoms with Crippen LogP contribution in [0.15, 0.2) is 40.9 Å². The molecule has 0 radical (unpaired) electrons. The Morgan fingerprint density at radius 3 is 2.80 bits per heavy atom. The molecule has 1 fully saturated rings. The van der Waals surface area contributed by atoms with E-state index in [4.69, 9.17) is 11.6 Å². The van der Waals surface area contributed by atoms with Crippen LogP contribution in [0.4, 0.5) is 0 Å². The Bertz CT molecular complexity index is 579. The van der Waals surface area contributed by atoms with Gasteiger partial charge in [0.25, 0.3) is 0 Å². The second kappa shape index (κ2) is 6.61. The summed E-state index contributed by atoms with van der Waals surface area (Å²) in [6, 6.07) is 13.5. The van der Waals surface area contributed by atoms with Gasteiger partial charge in [0.2, 0.25) is 0 Å². The van der Waals surface area contributed by atoms with Gasteiger partial charge in [-0.3, -0.25) is 0 Å². The highest BCUT2D eigenvalue weighted by molar-refractivity contribution is 9.10. The minimum Gasteiger partial charge on any atom is -0.313 e. The summed E-state index contributed by atoms with van der Waals surface area (Å²) in [4.78, 5) is 1.36. The maximum atomic E-state index is 6.05. The molecule has 1 saturated carbocycles. The first kappa shape index (κ1) is 14.6. The zero-order valence-electron chi connectivity index (χ0n) is 11.1. The van der Waals surface area contributed by atoms with Gasteiger partial charge in [0.15, 0.2) is 0 Å². The molecule has 3 rings (SSSR count). The molecule has 106 valence electrons. The van der Waals surface area contributed by atoms with Crippen LogP contribution in [0.5, 0.6) is 0 Å². The van der Waals surface area contributed by atoms with Crippen molar-refractivity contribution < 1.29 is 0 Å². The molecule has 1 aliphatic carbocycles. The number of thiophene rings is 1. The molecule has 1 heterocycles. The van der Waals surface area contributed by atoms with Gasteiger partial charge in [-0.1, -0.05) is 39.7 Å². The monoisotopic (exact) mass is 369 g/mol. The fraction of sp³-hybridized carbons (Fsp3) is 0.375. The maximum Gasteiger partial charge on any atom is 0.0931 e. The van der Waals surface area contributed by atoms with Gasteiger partial charge in [0, 0.05) is 27.9 Å². The van der Waals surface area contributed by atoms with Gasteiger partial charge in [-0.25, -0.2) is 0 Å². The Labute approximate surface area is 137 Å². The molecule has 1 nitrogen and oxygen atoms in total. The molecule has 0 saturated heterocycles. The van der Waals surface area contributed by atoms with Crippen molar-refractivity contribution in [2.75, 3.05) is 6.54 Å². The van der Waals surface area contributed by atoms with E-state index in [-0.39, 0.29) is 0 Å². The number of nitrogens with one attached hydrogen (secondary N) is 1. The maximum absolute atomic E-state index is 6.05. The summed E-state index contributed by atoms with van der Waals surface area (Å²) in [5.41, 5.74) is 1.39. The summed E-state index contributed by atoms with van der Waals surface area (Å²) in [7, 11) is 0. The molecule has 20 heavy (non-hydrogen) atoms. The molecule has 0 spiro atoms. The van der Waals surface area contributed by atoms with Crippen molar-refractivity contribution in [1.82, 2.24) is 5.32 Å². The van der Waals surface area contributed by atoms with Crippen molar-refractivity contribution in [3.8, 4) is 0 Å². The molecule has 2 aromatic rings. The summed E-state index contributed by atoms with van der Waals surface area (Å²) < 4.78 is 2.03. The minimum absolute atomic E-state index is 0.503. The first-order valence-electron chi connectivity index (χ1n) is 6.94. The second-order valence-corrected chi connectivity index (χ2v) is 8.06. The van der Waals surface area contributed by atoms with Crippen LogP contribution in [0.1, 0.15) is 29.2 Å². The van der Waals surface area contributed by atoms with Crippen LogP contribution < -0.4 is 5.32 Å². The normalized spacial score (nSPS) is 16.3. The lowest BCUT2D eigenvalue weighted by Crippen LogP contribution is -2.24. The van der Waals surface area contributed by atoms with Crippen molar-refractivity contribution in [1.29, 1.82) is 0 Å². The fourth-order valence-electron chi connectivity index (χ4n) is 2.37. The molecule has 4 heteroatoms. The van der Waals surface area contributed by atoms with Crippen LogP contribution in [-0.2, 0) is 6.42 Å². The molecule has 0 aliphatic heterocycles. The van der Waals surface area contributed by atoms with E-state index in [1.165, 1.54) is 23.3 Å². The van der Waals surface area contributed by atoms with Crippen molar-refractivity contribution in [3.63, 3.8) is 0 Å². The highest BCUT2D eigenvalue weighted by Crippen LogP contribution is 2.29. The standard InChI is InChI=1S/C16H17BrClNS/c17-13-3-1-2-11(8-13)12(10-19-14-4-5-14)9-15-6-7-16(18)20-15/h1-3,6-8,12,14,19H,4-5,9-10H2. The van der Waals surface area contributed by atoms with Crippen molar-refractivity contribution >= 4 is 38.9 Å². The van der Waals surface area contributed by atoms with Crippen LogP contribution in [0.2, 0.25) is 4.34 Å². The van der Waals surface area contributed by atoms with Gasteiger partial charge in [-0.15, -0.1) is 11.3 Å². The van der Waals surface area contributed by atoms with Gasteiger partial charge >= 0.3 is 0 Å². The SMILES string of the molecule is Clc1ccc(CC(CNC2CC2)c2cccc(Br)c2)s1. The zero-order valence-corrected chi connectivity index (χ0v) is 14.3. The molecule has 0 bridgehead atoms. The van der Waals surface area contributed by atoms with Crippen molar-refractivity contribution in [2.45, 2.75) is 31.2 Å². The van der Waals surface area contributed by atoms with Crippen molar-refractivity contribution in [3.05, 3.63) is 55.6 Å².